The molecule has 4 heteroatoms. The minimum absolute atomic E-state index is 0.0268. The molecule has 0 saturated heterocycles. The van der Waals surface area contributed by atoms with Gasteiger partial charge in [0.15, 0.2) is 0 Å². The number of hydrogen-bond donors (Lipinski definition) is 1. The van der Waals surface area contributed by atoms with Crippen molar-refractivity contribution in [1.82, 2.24) is 15.0 Å². The molecule has 0 aliphatic heterocycles. The van der Waals surface area contributed by atoms with Gasteiger partial charge in [-0.1, -0.05) is 51.1 Å². The Morgan fingerprint density at radius 2 is 1.59 bits per heavy atom. The van der Waals surface area contributed by atoms with Gasteiger partial charge in [0, 0.05) is 27.6 Å². The summed E-state index contributed by atoms with van der Waals surface area (Å²) in [6.07, 6.45) is 5.77. The molecule has 0 atom stereocenters. The largest absolute Gasteiger partial charge is 0.365 e. The lowest BCUT2D eigenvalue weighted by atomic mass is 9.91. The molecule has 0 spiro atoms. The highest BCUT2D eigenvalue weighted by atomic mass is 15.0. The molecule has 1 N–H and O–H groups in total. The third kappa shape index (κ3) is 5.51. The van der Waals surface area contributed by atoms with E-state index >= 15 is 0 Å². The minimum Gasteiger partial charge on any atom is -0.365 e. The highest BCUT2D eigenvalue weighted by Gasteiger charge is 2.16. The Hall–Kier alpha value is -3.53. The van der Waals surface area contributed by atoms with Gasteiger partial charge < -0.3 is 5.32 Å². The number of hydrogen-bond acceptors (Lipinski definition) is 4. The predicted molar refractivity (Wildman–Crippen MR) is 145 cm³/mol. The van der Waals surface area contributed by atoms with Crippen molar-refractivity contribution in [3.8, 4) is 11.1 Å². The van der Waals surface area contributed by atoms with E-state index in [-0.39, 0.29) is 11.0 Å². The van der Waals surface area contributed by atoms with Gasteiger partial charge in [-0.15, -0.1) is 0 Å². The van der Waals surface area contributed by atoms with Gasteiger partial charge in [-0.2, -0.15) is 0 Å². The minimum atomic E-state index is -0.112. The van der Waals surface area contributed by atoms with Crippen molar-refractivity contribution in [3.63, 3.8) is 0 Å². The third-order valence-corrected chi connectivity index (χ3v) is 5.68. The van der Waals surface area contributed by atoms with Crippen molar-refractivity contribution in [2.75, 3.05) is 5.32 Å². The van der Waals surface area contributed by atoms with Crippen LogP contribution in [-0.4, -0.2) is 20.5 Å². The summed E-state index contributed by atoms with van der Waals surface area (Å²) >= 11 is 0. The molecule has 0 unspecified atom stereocenters. The first kappa shape index (κ1) is 23.6. The predicted octanol–water partition coefficient (Wildman–Crippen LogP) is 7.68. The lowest BCUT2D eigenvalue weighted by Gasteiger charge is -2.23. The van der Waals surface area contributed by atoms with E-state index in [1.165, 1.54) is 16.7 Å². The Kier molecular flexibility index (Phi) is 6.26. The van der Waals surface area contributed by atoms with Crippen molar-refractivity contribution in [3.05, 3.63) is 83.4 Å². The summed E-state index contributed by atoms with van der Waals surface area (Å²) in [5.41, 5.74) is 7.47. The quantitative estimate of drug-likeness (QED) is 0.346. The normalized spacial score (nSPS) is 12.4. The van der Waals surface area contributed by atoms with E-state index in [4.69, 9.17) is 4.98 Å². The highest BCUT2D eigenvalue weighted by Crippen LogP contribution is 2.30. The molecule has 2 aromatic heterocycles. The summed E-state index contributed by atoms with van der Waals surface area (Å²) in [6, 6.07) is 19.2. The van der Waals surface area contributed by atoms with E-state index in [2.05, 4.69) is 124 Å². The van der Waals surface area contributed by atoms with Crippen molar-refractivity contribution in [2.24, 2.45) is 0 Å². The van der Waals surface area contributed by atoms with E-state index in [0.29, 0.717) is 0 Å². The van der Waals surface area contributed by atoms with E-state index < -0.39 is 0 Å². The van der Waals surface area contributed by atoms with Crippen LogP contribution in [0.3, 0.4) is 0 Å². The number of fused-ring (bicyclic) bond motifs is 1. The molecular formula is C30H34N4. The average Bonchev–Trinajstić information content (AvgIpc) is 2.76. The Bertz CT molecular complexity index is 1350. The van der Waals surface area contributed by atoms with Crippen LogP contribution in [0.25, 0.3) is 34.2 Å². The number of aromatic nitrogens is 3. The summed E-state index contributed by atoms with van der Waals surface area (Å²) in [6.45, 7) is 15.1. The molecule has 0 fully saturated rings. The van der Waals surface area contributed by atoms with Crippen LogP contribution in [0.2, 0.25) is 0 Å². The maximum Gasteiger partial charge on any atom is 0.134 e. The van der Waals surface area contributed by atoms with Gasteiger partial charge in [0.1, 0.15) is 12.1 Å². The molecule has 0 saturated carbocycles. The Balaban J connectivity index is 1.80. The topological polar surface area (TPSA) is 50.7 Å². The smallest absolute Gasteiger partial charge is 0.134 e. The van der Waals surface area contributed by atoms with E-state index in [0.717, 1.165) is 33.7 Å². The first-order valence-electron chi connectivity index (χ1n) is 11.8. The first-order chi connectivity index (χ1) is 16.0. The first-order valence-corrected chi connectivity index (χ1v) is 11.8. The molecule has 0 radical (unpaired) electrons. The van der Waals surface area contributed by atoms with Gasteiger partial charge in [0.2, 0.25) is 0 Å². The molecule has 2 heterocycles. The van der Waals surface area contributed by atoms with Gasteiger partial charge in [-0.3, -0.25) is 0 Å². The van der Waals surface area contributed by atoms with Crippen molar-refractivity contribution >= 4 is 28.9 Å². The van der Waals surface area contributed by atoms with Gasteiger partial charge in [0.25, 0.3) is 0 Å². The summed E-state index contributed by atoms with van der Waals surface area (Å²) in [4.78, 5) is 13.9. The summed E-state index contributed by atoms with van der Waals surface area (Å²) in [7, 11) is 0. The molecule has 4 nitrogen and oxygen atoms in total. The second-order valence-electron chi connectivity index (χ2n) is 10.9. The van der Waals surface area contributed by atoms with Gasteiger partial charge in [-0.25, -0.2) is 15.0 Å². The molecule has 4 rings (SSSR count). The van der Waals surface area contributed by atoms with Crippen LogP contribution >= 0.6 is 0 Å². The molecule has 174 valence electrons. The zero-order valence-electron chi connectivity index (χ0n) is 21.3. The molecule has 0 amide bonds. The fourth-order valence-corrected chi connectivity index (χ4v) is 3.89. The lowest BCUT2D eigenvalue weighted by molar-refractivity contribution is 0.566. The van der Waals surface area contributed by atoms with Crippen LogP contribution in [0.4, 0.5) is 5.82 Å². The van der Waals surface area contributed by atoms with E-state index in [9.17, 15) is 0 Å². The fraction of sp³-hybridized carbons (Fsp3) is 0.300. The number of nitrogens with one attached hydrogen (secondary N) is 1. The zero-order chi connectivity index (χ0) is 24.5. The molecular weight excluding hydrogens is 416 g/mol. The van der Waals surface area contributed by atoms with Crippen LogP contribution in [0.5, 0.6) is 0 Å². The molecule has 2 aromatic carbocycles. The maximum absolute atomic E-state index is 4.99. The molecule has 4 aromatic rings. The standard InChI is InChI=1S/C30H34N4/c1-20-10-8-9-11-25(20)21-13-15-26-23(16-21)17-22(28(33-26)34-30(5,6)7)12-14-24-18-27(29(2,3)4)32-19-31-24/h8-19H,1-7H3,(H,33,34). The molecule has 34 heavy (non-hydrogen) atoms. The van der Waals surface area contributed by atoms with Gasteiger partial charge in [-0.05, 0) is 80.8 Å². The number of aryl methyl sites for hydroxylation is 1. The van der Waals surface area contributed by atoms with Crippen LogP contribution in [0.1, 0.15) is 64.1 Å². The monoisotopic (exact) mass is 450 g/mol. The third-order valence-electron chi connectivity index (χ3n) is 5.68. The lowest BCUT2D eigenvalue weighted by Crippen LogP contribution is -2.27. The number of nitrogens with zero attached hydrogens (tertiary/aromatic N) is 3. The number of anilines is 1. The number of benzene rings is 2. The van der Waals surface area contributed by atoms with Crippen LogP contribution in [0, 0.1) is 6.92 Å². The molecule has 0 bridgehead atoms. The van der Waals surface area contributed by atoms with Gasteiger partial charge in [0.05, 0.1) is 11.2 Å². The van der Waals surface area contributed by atoms with Gasteiger partial charge >= 0.3 is 0 Å². The van der Waals surface area contributed by atoms with Crippen molar-refractivity contribution in [1.29, 1.82) is 0 Å². The van der Waals surface area contributed by atoms with Crippen LogP contribution in [0.15, 0.2) is 60.9 Å². The van der Waals surface area contributed by atoms with Crippen molar-refractivity contribution in [2.45, 2.75) is 59.4 Å². The summed E-state index contributed by atoms with van der Waals surface area (Å²) < 4.78 is 0. The molecule has 0 aliphatic rings. The highest BCUT2D eigenvalue weighted by molar-refractivity contribution is 5.90. The second kappa shape index (κ2) is 9.02. The Morgan fingerprint density at radius 1 is 0.824 bits per heavy atom. The maximum atomic E-state index is 4.99. The average molecular weight is 451 g/mol. The number of rotatable bonds is 4. The van der Waals surface area contributed by atoms with Crippen LogP contribution < -0.4 is 5.32 Å². The Labute approximate surface area is 203 Å². The number of pyridine rings is 1. The van der Waals surface area contributed by atoms with E-state index in [1.54, 1.807) is 6.33 Å². The Morgan fingerprint density at radius 3 is 2.29 bits per heavy atom. The fourth-order valence-electron chi connectivity index (χ4n) is 3.89. The van der Waals surface area contributed by atoms with Crippen molar-refractivity contribution < 1.29 is 0 Å². The summed E-state index contributed by atoms with van der Waals surface area (Å²) in [5.74, 6) is 0.866. The van der Waals surface area contributed by atoms with Crippen LogP contribution in [-0.2, 0) is 5.41 Å². The zero-order valence-corrected chi connectivity index (χ0v) is 21.3. The van der Waals surface area contributed by atoms with E-state index in [1.807, 2.05) is 6.08 Å². The molecule has 0 aliphatic carbocycles. The SMILES string of the molecule is Cc1ccccc1-c1ccc2nc(NC(C)(C)C)c(C=Cc3cc(C(C)(C)C)ncn3)cc2c1. The second-order valence-corrected chi connectivity index (χ2v) is 10.9. The summed E-state index contributed by atoms with van der Waals surface area (Å²) in [5, 5.41) is 4.68.